The quantitative estimate of drug-likeness (QED) is 0.865. The molecule has 1 aromatic carbocycles. The van der Waals surface area contributed by atoms with E-state index in [1.54, 1.807) is 24.3 Å². The van der Waals surface area contributed by atoms with Crippen LogP contribution in [-0.2, 0) is 14.8 Å². The third kappa shape index (κ3) is 4.16. The molecular formula is C16H22N2O4S. The summed E-state index contributed by atoms with van der Waals surface area (Å²) in [5, 5.41) is 0. The van der Waals surface area contributed by atoms with E-state index in [1.807, 2.05) is 0 Å². The highest BCUT2D eigenvalue weighted by Crippen LogP contribution is 2.28. The predicted molar refractivity (Wildman–Crippen MR) is 89.1 cm³/mol. The van der Waals surface area contributed by atoms with Crippen LogP contribution in [0.3, 0.4) is 0 Å². The number of cyclic esters (lactones) is 1. The van der Waals surface area contributed by atoms with E-state index in [0.717, 1.165) is 19.3 Å². The van der Waals surface area contributed by atoms with Crippen molar-refractivity contribution in [2.75, 3.05) is 28.5 Å². The number of nitrogens with one attached hydrogen (secondary N) is 1. The van der Waals surface area contributed by atoms with Crippen molar-refractivity contribution in [1.29, 1.82) is 0 Å². The molecule has 1 saturated heterocycles. The molecule has 0 atom stereocenters. The zero-order chi connectivity index (χ0) is 16.3. The second kappa shape index (κ2) is 6.78. The Morgan fingerprint density at radius 1 is 1.17 bits per heavy atom. The zero-order valence-corrected chi connectivity index (χ0v) is 13.8. The Hall–Kier alpha value is -1.76. The summed E-state index contributed by atoms with van der Waals surface area (Å²) in [4.78, 5) is 13.0. The van der Waals surface area contributed by atoms with Gasteiger partial charge in [-0.2, -0.15) is 0 Å². The van der Waals surface area contributed by atoms with Crippen molar-refractivity contribution in [2.45, 2.75) is 32.1 Å². The van der Waals surface area contributed by atoms with Crippen LogP contribution in [0.25, 0.3) is 0 Å². The number of ether oxygens (including phenoxy) is 1. The number of carbonyl (C=O) groups excluding carboxylic acids is 1. The Morgan fingerprint density at radius 3 is 2.48 bits per heavy atom. The van der Waals surface area contributed by atoms with E-state index >= 15 is 0 Å². The first kappa shape index (κ1) is 16.1. The normalized spacial score (nSPS) is 19.1. The molecule has 1 N–H and O–H groups in total. The smallest absolute Gasteiger partial charge is 0.414 e. The molecule has 2 fully saturated rings. The molecule has 1 aromatic rings. The lowest BCUT2D eigenvalue weighted by Crippen LogP contribution is -2.23. The molecule has 0 unspecified atom stereocenters. The molecule has 0 radical (unpaired) electrons. The highest BCUT2D eigenvalue weighted by atomic mass is 32.2. The molecule has 0 spiro atoms. The van der Waals surface area contributed by atoms with Crippen molar-refractivity contribution in [2.24, 2.45) is 5.92 Å². The van der Waals surface area contributed by atoms with Crippen LogP contribution < -0.4 is 9.62 Å². The third-order valence-corrected chi connectivity index (χ3v) is 5.80. The highest BCUT2D eigenvalue weighted by molar-refractivity contribution is 7.92. The van der Waals surface area contributed by atoms with E-state index in [-0.39, 0.29) is 11.8 Å². The number of rotatable bonds is 6. The second-order valence-corrected chi connectivity index (χ2v) is 8.01. The van der Waals surface area contributed by atoms with Gasteiger partial charge in [0, 0.05) is 11.4 Å². The maximum absolute atomic E-state index is 12.2. The number of hydrogen-bond acceptors (Lipinski definition) is 4. The minimum Gasteiger partial charge on any atom is -0.447 e. The highest BCUT2D eigenvalue weighted by Gasteiger charge is 2.23. The van der Waals surface area contributed by atoms with Gasteiger partial charge in [-0.15, -0.1) is 0 Å². The molecular weight excluding hydrogens is 316 g/mol. The Kier molecular flexibility index (Phi) is 4.75. The molecule has 2 aliphatic rings. The van der Waals surface area contributed by atoms with Gasteiger partial charge >= 0.3 is 6.09 Å². The van der Waals surface area contributed by atoms with Crippen LogP contribution in [0.2, 0.25) is 0 Å². The van der Waals surface area contributed by atoms with Crippen molar-refractivity contribution in [3.8, 4) is 0 Å². The average Bonchev–Trinajstić information content (AvgIpc) is 3.17. The first-order valence-electron chi connectivity index (χ1n) is 8.08. The number of benzene rings is 1. The first-order chi connectivity index (χ1) is 11.0. The number of hydrogen-bond donors (Lipinski definition) is 1. The van der Waals surface area contributed by atoms with E-state index in [4.69, 9.17) is 4.74 Å². The largest absolute Gasteiger partial charge is 0.447 e. The van der Waals surface area contributed by atoms with Crippen LogP contribution in [0.5, 0.6) is 0 Å². The lowest BCUT2D eigenvalue weighted by atomic mass is 10.1. The first-order valence-corrected chi connectivity index (χ1v) is 9.73. The number of anilines is 2. The van der Waals surface area contributed by atoms with Gasteiger partial charge in [-0.1, -0.05) is 25.7 Å². The van der Waals surface area contributed by atoms with Gasteiger partial charge in [0.05, 0.1) is 12.3 Å². The molecule has 7 heteroatoms. The molecule has 3 rings (SSSR count). The van der Waals surface area contributed by atoms with Crippen LogP contribution in [0, 0.1) is 5.92 Å². The Balaban J connectivity index is 1.57. The maximum atomic E-state index is 12.2. The summed E-state index contributed by atoms with van der Waals surface area (Å²) in [6, 6.07) is 6.80. The van der Waals surface area contributed by atoms with Crippen LogP contribution in [0.1, 0.15) is 32.1 Å². The number of nitrogens with zero attached hydrogens (tertiary/aromatic N) is 1. The van der Waals surface area contributed by atoms with Gasteiger partial charge < -0.3 is 4.74 Å². The SMILES string of the molecule is O=C1OCCN1c1ccc(NS(=O)(=O)CCC2CCCC2)cc1. The fourth-order valence-corrected chi connectivity index (χ4v) is 4.43. The predicted octanol–water partition coefficient (Wildman–Crippen LogP) is 2.97. The van der Waals surface area contributed by atoms with Crippen LogP contribution >= 0.6 is 0 Å². The monoisotopic (exact) mass is 338 g/mol. The molecule has 6 nitrogen and oxygen atoms in total. The van der Waals surface area contributed by atoms with E-state index in [9.17, 15) is 13.2 Å². The van der Waals surface area contributed by atoms with Gasteiger partial charge in [-0.3, -0.25) is 9.62 Å². The van der Waals surface area contributed by atoms with Gasteiger partial charge in [0.2, 0.25) is 10.0 Å². The summed E-state index contributed by atoms with van der Waals surface area (Å²) in [6.07, 6.45) is 5.10. The lowest BCUT2D eigenvalue weighted by Gasteiger charge is -2.14. The number of amides is 1. The fourth-order valence-electron chi connectivity index (χ4n) is 3.19. The van der Waals surface area contributed by atoms with Crippen molar-refractivity contribution >= 4 is 27.5 Å². The molecule has 1 aliphatic carbocycles. The Morgan fingerprint density at radius 2 is 1.87 bits per heavy atom. The minimum absolute atomic E-state index is 0.165. The molecule has 1 heterocycles. The molecule has 23 heavy (non-hydrogen) atoms. The molecule has 1 amide bonds. The summed E-state index contributed by atoms with van der Waals surface area (Å²) in [7, 11) is -3.32. The van der Waals surface area contributed by atoms with E-state index < -0.39 is 10.0 Å². The van der Waals surface area contributed by atoms with E-state index in [1.165, 1.54) is 17.7 Å². The second-order valence-electron chi connectivity index (χ2n) is 6.17. The zero-order valence-electron chi connectivity index (χ0n) is 13.0. The van der Waals surface area contributed by atoms with Gasteiger partial charge in [0.15, 0.2) is 0 Å². The Bertz CT molecular complexity index is 651. The lowest BCUT2D eigenvalue weighted by molar-refractivity contribution is 0.181. The number of carbonyl (C=O) groups is 1. The van der Waals surface area contributed by atoms with E-state index in [2.05, 4.69) is 4.72 Å². The minimum atomic E-state index is -3.32. The average molecular weight is 338 g/mol. The topological polar surface area (TPSA) is 75.7 Å². The molecule has 126 valence electrons. The number of sulfonamides is 1. The summed E-state index contributed by atoms with van der Waals surface area (Å²) < 4.78 is 31.8. The molecule has 0 aromatic heterocycles. The van der Waals surface area contributed by atoms with Gasteiger partial charge in [0.1, 0.15) is 6.61 Å². The summed E-state index contributed by atoms with van der Waals surface area (Å²) in [5.74, 6) is 0.716. The van der Waals surface area contributed by atoms with Gasteiger partial charge in [-0.05, 0) is 36.6 Å². The van der Waals surface area contributed by atoms with Crippen LogP contribution in [-0.4, -0.2) is 33.4 Å². The molecule has 1 saturated carbocycles. The maximum Gasteiger partial charge on any atom is 0.414 e. The van der Waals surface area contributed by atoms with Crippen molar-refractivity contribution in [3.63, 3.8) is 0 Å². The summed E-state index contributed by atoms with van der Waals surface area (Å²) >= 11 is 0. The van der Waals surface area contributed by atoms with Gasteiger partial charge in [0.25, 0.3) is 0 Å². The Labute approximate surface area is 136 Å². The summed E-state index contributed by atoms with van der Waals surface area (Å²) in [5.41, 5.74) is 1.23. The van der Waals surface area contributed by atoms with E-state index in [0.29, 0.717) is 30.4 Å². The van der Waals surface area contributed by atoms with Gasteiger partial charge in [-0.25, -0.2) is 13.2 Å². The van der Waals surface area contributed by atoms with Crippen molar-refractivity contribution < 1.29 is 17.9 Å². The van der Waals surface area contributed by atoms with Crippen molar-refractivity contribution in [1.82, 2.24) is 0 Å². The standard InChI is InChI=1S/C16H22N2O4S/c19-16-18(10-11-22-16)15-7-5-14(6-8-15)17-23(20,21)12-9-13-3-1-2-4-13/h5-8,13,17H,1-4,9-12H2. The van der Waals surface area contributed by atoms with Crippen LogP contribution in [0.4, 0.5) is 16.2 Å². The summed E-state index contributed by atoms with van der Waals surface area (Å²) in [6.45, 7) is 0.902. The third-order valence-electron chi connectivity index (χ3n) is 4.48. The molecule has 0 bridgehead atoms. The van der Waals surface area contributed by atoms with Crippen molar-refractivity contribution in [3.05, 3.63) is 24.3 Å². The molecule has 1 aliphatic heterocycles. The van der Waals surface area contributed by atoms with Crippen LogP contribution in [0.15, 0.2) is 24.3 Å². The fraction of sp³-hybridized carbons (Fsp3) is 0.562.